The molecule has 0 heterocycles. The van der Waals surface area contributed by atoms with Crippen molar-refractivity contribution < 1.29 is 23.9 Å². The molecule has 180 valence electrons. The monoisotopic (exact) mass is 472 g/mol. The SMILES string of the molecule is COC(=O)c1ccc(C(=O)NNC(=O)c2ccc(-c3ccc(OC4CCCCC4)cc3)cc2)cc1. The van der Waals surface area contributed by atoms with Crippen molar-refractivity contribution in [2.75, 3.05) is 7.11 Å². The van der Waals surface area contributed by atoms with Crippen molar-refractivity contribution in [1.29, 1.82) is 0 Å². The van der Waals surface area contributed by atoms with Crippen molar-refractivity contribution in [2.24, 2.45) is 0 Å². The van der Waals surface area contributed by atoms with Gasteiger partial charge in [0.15, 0.2) is 0 Å². The molecular weight excluding hydrogens is 444 g/mol. The maximum Gasteiger partial charge on any atom is 0.337 e. The van der Waals surface area contributed by atoms with Gasteiger partial charge in [-0.05, 0) is 85.3 Å². The lowest BCUT2D eigenvalue weighted by Crippen LogP contribution is -2.41. The van der Waals surface area contributed by atoms with Gasteiger partial charge in [0.05, 0.1) is 18.8 Å². The Morgan fingerprint density at radius 1 is 0.657 bits per heavy atom. The average Bonchev–Trinajstić information content (AvgIpc) is 2.92. The van der Waals surface area contributed by atoms with Crippen LogP contribution in [0.1, 0.15) is 63.2 Å². The molecule has 2 amide bonds. The number of nitrogens with one attached hydrogen (secondary N) is 2. The van der Waals surface area contributed by atoms with Gasteiger partial charge in [-0.3, -0.25) is 20.4 Å². The fraction of sp³-hybridized carbons (Fsp3) is 0.250. The summed E-state index contributed by atoms with van der Waals surface area (Å²) in [5.41, 5.74) is 7.82. The molecule has 35 heavy (non-hydrogen) atoms. The fourth-order valence-electron chi connectivity index (χ4n) is 4.05. The van der Waals surface area contributed by atoms with Crippen molar-refractivity contribution in [1.82, 2.24) is 10.9 Å². The quantitative estimate of drug-likeness (QED) is 0.392. The second-order valence-electron chi connectivity index (χ2n) is 8.46. The number of rotatable bonds is 6. The van der Waals surface area contributed by atoms with Gasteiger partial charge < -0.3 is 9.47 Å². The van der Waals surface area contributed by atoms with Gasteiger partial charge in [-0.15, -0.1) is 0 Å². The van der Waals surface area contributed by atoms with Crippen molar-refractivity contribution in [3.05, 3.63) is 89.5 Å². The Morgan fingerprint density at radius 3 is 1.63 bits per heavy atom. The second kappa shape index (κ2) is 11.3. The van der Waals surface area contributed by atoms with Crippen LogP contribution in [0.2, 0.25) is 0 Å². The molecule has 0 spiro atoms. The number of carbonyl (C=O) groups is 3. The highest BCUT2D eigenvalue weighted by molar-refractivity contribution is 6.00. The average molecular weight is 473 g/mol. The van der Waals surface area contributed by atoms with E-state index in [9.17, 15) is 14.4 Å². The molecule has 0 aromatic heterocycles. The molecule has 0 atom stereocenters. The lowest BCUT2D eigenvalue weighted by Gasteiger charge is -2.23. The second-order valence-corrected chi connectivity index (χ2v) is 8.46. The summed E-state index contributed by atoms with van der Waals surface area (Å²) in [6.07, 6.45) is 6.31. The van der Waals surface area contributed by atoms with E-state index in [0.29, 0.717) is 22.8 Å². The lowest BCUT2D eigenvalue weighted by molar-refractivity contribution is 0.0600. The third-order valence-corrected chi connectivity index (χ3v) is 6.05. The van der Waals surface area contributed by atoms with E-state index in [2.05, 4.69) is 15.6 Å². The Labute approximate surface area is 204 Å². The van der Waals surface area contributed by atoms with Gasteiger partial charge >= 0.3 is 5.97 Å². The van der Waals surface area contributed by atoms with Crippen LogP contribution in [0.3, 0.4) is 0 Å². The van der Waals surface area contributed by atoms with Gasteiger partial charge in [0.2, 0.25) is 0 Å². The van der Waals surface area contributed by atoms with Gasteiger partial charge in [-0.25, -0.2) is 4.79 Å². The van der Waals surface area contributed by atoms with E-state index in [4.69, 9.17) is 4.74 Å². The zero-order valence-electron chi connectivity index (χ0n) is 19.6. The molecule has 1 fully saturated rings. The van der Waals surface area contributed by atoms with Crippen molar-refractivity contribution in [2.45, 2.75) is 38.2 Å². The smallest absolute Gasteiger partial charge is 0.337 e. The summed E-state index contributed by atoms with van der Waals surface area (Å²) < 4.78 is 10.7. The highest BCUT2D eigenvalue weighted by atomic mass is 16.5. The number of hydrazine groups is 1. The number of hydrogen-bond acceptors (Lipinski definition) is 5. The van der Waals surface area contributed by atoms with Crippen LogP contribution >= 0.6 is 0 Å². The topological polar surface area (TPSA) is 93.7 Å². The van der Waals surface area contributed by atoms with Gasteiger partial charge in [0, 0.05) is 11.1 Å². The van der Waals surface area contributed by atoms with E-state index in [0.717, 1.165) is 29.7 Å². The molecule has 1 saturated carbocycles. The van der Waals surface area contributed by atoms with Crippen LogP contribution in [0.4, 0.5) is 0 Å². The van der Waals surface area contributed by atoms with E-state index in [1.165, 1.54) is 50.6 Å². The molecule has 4 rings (SSSR count). The Bertz CT molecular complexity index is 1170. The number of esters is 1. The Kier molecular flexibility index (Phi) is 7.77. The molecule has 1 aliphatic rings. The van der Waals surface area contributed by atoms with Crippen molar-refractivity contribution >= 4 is 17.8 Å². The zero-order chi connectivity index (χ0) is 24.6. The minimum atomic E-state index is -0.498. The zero-order valence-corrected chi connectivity index (χ0v) is 19.6. The van der Waals surface area contributed by atoms with Crippen LogP contribution < -0.4 is 15.6 Å². The lowest BCUT2D eigenvalue weighted by atomic mass is 9.98. The summed E-state index contributed by atoms with van der Waals surface area (Å²) in [7, 11) is 1.29. The van der Waals surface area contributed by atoms with Gasteiger partial charge in [-0.1, -0.05) is 30.7 Å². The van der Waals surface area contributed by atoms with Crippen LogP contribution in [0.15, 0.2) is 72.8 Å². The first-order valence-corrected chi connectivity index (χ1v) is 11.7. The van der Waals surface area contributed by atoms with Crippen LogP contribution in [-0.4, -0.2) is 31.0 Å². The van der Waals surface area contributed by atoms with E-state index in [1.54, 1.807) is 12.1 Å². The third kappa shape index (κ3) is 6.26. The van der Waals surface area contributed by atoms with E-state index >= 15 is 0 Å². The predicted octanol–water partition coefficient (Wildman–Crippen LogP) is 4.93. The fourth-order valence-corrected chi connectivity index (χ4v) is 4.05. The van der Waals surface area contributed by atoms with Crippen LogP contribution in [0, 0.1) is 0 Å². The first-order valence-electron chi connectivity index (χ1n) is 11.7. The normalized spacial score (nSPS) is 13.5. The number of hydrogen-bond donors (Lipinski definition) is 2. The maximum atomic E-state index is 12.4. The van der Waals surface area contributed by atoms with Crippen molar-refractivity contribution in [3.8, 4) is 16.9 Å². The molecular formula is C28H28N2O5. The predicted molar refractivity (Wildman–Crippen MR) is 132 cm³/mol. The summed E-state index contributed by atoms with van der Waals surface area (Å²) >= 11 is 0. The van der Waals surface area contributed by atoms with E-state index < -0.39 is 17.8 Å². The molecule has 0 saturated heterocycles. The van der Waals surface area contributed by atoms with Crippen LogP contribution in [-0.2, 0) is 4.74 Å². The molecule has 0 bridgehead atoms. The largest absolute Gasteiger partial charge is 0.490 e. The Balaban J connectivity index is 1.30. The van der Waals surface area contributed by atoms with Crippen LogP contribution in [0.25, 0.3) is 11.1 Å². The highest BCUT2D eigenvalue weighted by Crippen LogP contribution is 2.26. The molecule has 7 nitrogen and oxygen atoms in total. The molecule has 7 heteroatoms. The number of ether oxygens (including phenoxy) is 2. The highest BCUT2D eigenvalue weighted by Gasteiger charge is 2.15. The van der Waals surface area contributed by atoms with E-state index in [1.807, 2.05) is 36.4 Å². The summed E-state index contributed by atoms with van der Waals surface area (Å²) in [6, 6.07) is 21.0. The molecule has 1 aliphatic carbocycles. The first-order chi connectivity index (χ1) is 17.0. The molecule has 2 N–H and O–H groups in total. The summed E-state index contributed by atoms with van der Waals surface area (Å²) in [5, 5.41) is 0. The minimum Gasteiger partial charge on any atom is -0.490 e. The van der Waals surface area contributed by atoms with Gasteiger partial charge in [-0.2, -0.15) is 0 Å². The number of methoxy groups -OCH3 is 1. The van der Waals surface area contributed by atoms with Gasteiger partial charge in [0.25, 0.3) is 11.8 Å². The number of carbonyl (C=O) groups excluding carboxylic acids is 3. The summed E-state index contributed by atoms with van der Waals surface area (Å²) in [6.45, 7) is 0. The van der Waals surface area contributed by atoms with E-state index in [-0.39, 0.29) is 0 Å². The maximum absolute atomic E-state index is 12.4. The summed E-state index contributed by atoms with van der Waals surface area (Å²) in [4.78, 5) is 36.2. The standard InChI is InChI=1S/C28H28N2O5/c1-34-28(33)23-13-11-22(12-14-23)27(32)30-29-26(31)21-9-7-19(8-10-21)20-15-17-25(18-16-20)35-24-5-3-2-4-6-24/h7-18,24H,2-6H2,1H3,(H,29,31)(H,30,32). The van der Waals surface area contributed by atoms with Crippen LogP contribution in [0.5, 0.6) is 5.75 Å². The molecule has 0 radical (unpaired) electrons. The van der Waals surface area contributed by atoms with Gasteiger partial charge in [0.1, 0.15) is 5.75 Å². The molecule has 0 unspecified atom stereocenters. The molecule has 0 aliphatic heterocycles. The molecule has 3 aromatic rings. The molecule has 3 aromatic carbocycles. The Morgan fingerprint density at radius 2 is 1.11 bits per heavy atom. The number of benzene rings is 3. The summed E-state index contributed by atoms with van der Waals surface area (Å²) in [5.74, 6) is -0.543. The third-order valence-electron chi connectivity index (χ3n) is 6.05. The Hall–Kier alpha value is -4.13. The minimum absolute atomic E-state index is 0.296. The number of amides is 2. The first kappa shape index (κ1) is 24.0. The van der Waals surface area contributed by atoms with Crippen molar-refractivity contribution in [3.63, 3.8) is 0 Å².